The quantitative estimate of drug-likeness (QED) is 0.906. The topological polar surface area (TPSA) is 53.0 Å². The maximum Gasteiger partial charge on any atom is 0.143 e. The van der Waals surface area contributed by atoms with E-state index >= 15 is 0 Å². The highest BCUT2D eigenvalue weighted by atomic mass is 19.1. The van der Waals surface area contributed by atoms with Gasteiger partial charge in [0.15, 0.2) is 0 Å². The smallest absolute Gasteiger partial charge is 0.143 e. The monoisotopic (exact) mass is 261 g/mol. The zero-order valence-electron chi connectivity index (χ0n) is 11.3. The Bertz CT molecular complexity index is 481. The fourth-order valence-corrected chi connectivity index (χ4v) is 3.15. The molecule has 1 aromatic rings. The van der Waals surface area contributed by atoms with Gasteiger partial charge in [-0.1, -0.05) is 12.5 Å². The van der Waals surface area contributed by atoms with Crippen molar-refractivity contribution in [3.05, 3.63) is 29.6 Å². The molecule has 0 spiro atoms. The third-order valence-electron chi connectivity index (χ3n) is 4.08. The van der Waals surface area contributed by atoms with Gasteiger partial charge in [0.05, 0.1) is 5.69 Å². The Morgan fingerprint density at radius 3 is 2.89 bits per heavy atom. The van der Waals surface area contributed by atoms with E-state index in [1.165, 1.54) is 6.07 Å². The molecule has 2 atom stereocenters. The molecule has 1 aliphatic rings. The van der Waals surface area contributed by atoms with Crippen molar-refractivity contribution in [3.63, 3.8) is 0 Å². The second-order valence-electron chi connectivity index (χ2n) is 5.03. The van der Waals surface area contributed by atoms with Crippen LogP contribution in [0.5, 0.6) is 0 Å². The fraction of sp³-hybridized carbons (Fsp3) is 0.533. The van der Waals surface area contributed by atoms with Crippen LogP contribution in [-0.2, 0) is 0 Å². The van der Waals surface area contributed by atoms with Crippen LogP contribution >= 0.6 is 0 Å². The average Bonchev–Trinajstić information content (AvgIpc) is 2.88. The number of benzene rings is 1. The van der Waals surface area contributed by atoms with Crippen LogP contribution in [0.4, 0.5) is 10.1 Å². The van der Waals surface area contributed by atoms with Gasteiger partial charge >= 0.3 is 0 Å². The molecule has 2 N–H and O–H groups in total. The minimum absolute atomic E-state index is 0.145. The van der Waals surface area contributed by atoms with Crippen molar-refractivity contribution in [3.8, 4) is 6.07 Å². The van der Waals surface area contributed by atoms with Crippen molar-refractivity contribution >= 4 is 5.69 Å². The van der Waals surface area contributed by atoms with Crippen LogP contribution in [0.25, 0.3) is 0 Å². The van der Waals surface area contributed by atoms with E-state index in [1.54, 1.807) is 6.07 Å². The minimum atomic E-state index is -0.444. The van der Waals surface area contributed by atoms with E-state index in [0.29, 0.717) is 24.2 Å². The van der Waals surface area contributed by atoms with Crippen LogP contribution in [0.3, 0.4) is 0 Å². The maximum absolute atomic E-state index is 13.7. The molecule has 0 aromatic heterocycles. The lowest BCUT2D eigenvalue weighted by Gasteiger charge is -2.34. The Balaban J connectivity index is 2.37. The minimum Gasteiger partial charge on any atom is -0.367 e. The van der Waals surface area contributed by atoms with Crippen LogP contribution in [0.2, 0.25) is 0 Å². The zero-order valence-corrected chi connectivity index (χ0v) is 11.3. The number of nitriles is 1. The summed E-state index contributed by atoms with van der Waals surface area (Å²) in [6, 6.07) is 7.15. The largest absolute Gasteiger partial charge is 0.367 e. The second-order valence-corrected chi connectivity index (χ2v) is 5.03. The van der Waals surface area contributed by atoms with Gasteiger partial charge in [-0.25, -0.2) is 4.39 Å². The van der Waals surface area contributed by atoms with E-state index in [0.717, 1.165) is 25.8 Å². The lowest BCUT2D eigenvalue weighted by molar-refractivity contribution is 0.461. The Hall–Kier alpha value is -1.60. The van der Waals surface area contributed by atoms with Gasteiger partial charge in [0, 0.05) is 12.6 Å². The Labute approximate surface area is 113 Å². The molecule has 102 valence electrons. The molecule has 19 heavy (non-hydrogen) atoms. The molecule has 1 aromatic carbocycles. The zero-order chi connectivity index (χ0) is 13.8. The van der Waals surface area contributed by atoms with Gasteiger partial charge in [-0.2, -0.15) is 5.26 Å². The summed E-state index contributed by atoms with van der Waals surface area (Å²) in [4.78, 5) is 2.14. The first-order valence-electron chi connectivity index (χ1n) is 6.88. The first kappa shape index (κ1) is 13.8. The number of anilines is 1. The Kier molecular flexibility index (Phi) is 4.39. The van der Waals surface area contributed by atoms with E-state index < -0.39 is 5.82 Å². The highest BCUT2D eigenvalue weighted by Gasteiger charge is 2.31. The number of rotatable bonds is 4. The molecule has 4 heteroatoms. The number of hydrogen-bond acceptors (Lipinski definition) is 3. The summed E-state index contributed by atoms with van der Waals surface area (Å²) in [5.41, 5.74) is 6.68. The van der Waals surface area contributed by atoms with Gasteiger partial charge in [-0.3, -0.25) is 0 Å². The summed E-state index contributed by atoms with van der Waals surface area (Å²) in [6.45, 7) is 3.45. The molecule has 1 saturated carbocycles. The molecule has 1 aliphatic carbocycles. The number of hydrogen-bond donors (Lipinski definition) is 1. The molecule has 0 amide bonds. The second kappa shape index (κ2) is 6.03. The summed E-state index contributed by atoms with van der Waals surface area (Å²) in [7, 11) is 0. The normalized spacial score (nSPS) is 22.2. The molecule has 3 nitrogen and oxygen atoms in total. The third-order valence-corrected chi connectivity index (χ3v) is 4.08. The lowest BCUT2D eigenvalue weighted by atomic mass is 10.0. The van der Waals surface area contributed by atoms with Gasteiger partial charge in [-0.15, -0.1) is 0 Å². The Morgan fingerprint density at radius 2 is 2.26 bits per heavy atom. The highest BCUT2D eigenvalue weighted by molar-refractivity contribution is 5.60. The standard InChI is InChI=1S/C15H20FN3/c1-2-19(14-7-3-5-11(14)9-17)15-8-4-6-13(16)12(15)10-18/h4,6,8,11,14H,2-3,5,7,9,17H2,1H3. The van der Waals surface area contributed by atoms with E-state index in [9.17, 15) is 4.39 Å². The first-order chi connectivity index (χ1) is 9.22. The molecular weight excluding hydrogens is 241 g/mol. The molecule has 0 heterocycles. The molecule has 0 radical (unpaired) electrons. The predicted molar refractivity (Wildman–Crippen MR) is 74.3 cm³/mol. The summed E-state index contributed by atoms with van der Waals surface area (Å²) in [5.74, 6) is -0.00416. The van der Waals surface area contributed by atoms with Crippen LogP contribution in [0.1, 0.15) is 31.7 Å². The van der Waals surface area contributed by atoms with E-state index in [4.69, 9.17) is 11.0 Å². The predicted octanol–water partition coefficient (Wildman–Crippen LogP) is 2.65. The summed E-state index contributed by atoms with van der Waals surface area (Å²) in [5, 5.41) is 9.17. The van der Waals surface area contributed by atoms with Gasteiger partial charge in [-0.05, 0) is 44.4 Å². The number of nitrogens with zero attached hydrogens (tertiary/aromatic N) is 2. The van der Waals surface area contributed by atoms with E-state index in [2.05, 4.69) is 4.90 Å². The van der Waals surface area contributed by atoms with Crippen LogP contribution < -0.4 is 10.6 Å². The van der Waals surface area contributed by atoms with Crippen LogP contribution in [-0.4, -0.2) is 19.1 Å². The van der Waals surface area contributed by atoms with Crippen molar-refractivity contribution < 1.29 is 4.39 Å². The van der Waals surface area contributed by atoms with Crippen molar-refractivity contribution in [2.24, 2.45) is 11.7 Å². The van der Waals surface area contributed by atoms with Gasteiger partial charge in [0.1, 0.15) is 17.4 Å². The highest BCUT2D eigenvalue weighted by Crippen LogP contribution is 2.34. The summed E-state index contributed by atoms with van der Waals surface area (Å²) in [6.07, 6.45) is 3.34. The van der Waals surface area contributed by atoms with E-state index in [-0.39, 0.29) is 5.56 Å². The van der Waals surface area contributed by atoms with Gasteiger partial charge in [0.2, 0.25) is 0 Å². The average molecular weight is 261 g/mol. The van der Waals surface area contributed by atoms with Crippen molar-refractivity contribution in [1.29, 1.82) is 5.26 Å². The molecule has 0 aliphatic heterocycles. The fourth-order valence-electron chi connectivity index (χ4n) is 3.15. The van der Waals surface area contributed by atoms with E-state index in [1.807, 2.05) is 19.1 Å². The Morgan fingerprint density at radius 1 is 1.47 bits per heavy atom. The molecule has 2 unspecified atom stereocenters. The summed E-state index contributed by atoms with van der Waals surface area (Å²) < 4.78 is 13.7. The lowest BCUT2D eigenvalue weighted by Crippen LogP contribution is -2.40. The van der Waals surface area contributed by atoms with Crippen molar-refractivity contribution in [1.82, 2.24) is 0 Å². The van der Waals surface area contributed by atoms with Gasteiger partial charge in [0.25, 0.3) is 0 Å². The third kappa shape index (κ3) is 2.57. The maximum atomic E-state index is 13.7. The molecule has 2 rings (SSSR count). The van der Waals surface area contributed by atoms with Gasteiger partial charge < -0.3 is 10.6 Å². The molecular formula is C15H20FN3. The molecule has 1 fully saturated rings. The molecule has 0 saturated heterocycles. The number of halogens is 1. The van der Waals surface area contributed by atoms with Crippen LogP contribution in [0, 0.1) is 23.1 Å². The number of nitrogens with two attached hydrogens (primary N) is 1. The summed E-state index contributed by atoms with van der Waals surface area (Å²) >= 11 is 0. The van der Waals surface area contributed by atoms with Crippen molar-refractivity contribution in [2.75, 3.05) is 18.0 Å². The first-order valence-corrected chi connectivity index (χ1v) is 6.88. The molecule has 0 bridgehead atoms. The van der Waals surface area contributed by atoms with Crippen molar-refractivity contribution in [2.45, 2.75) is 32.2 Å². The van der Waals surface area contributed by atoms with Crippen LogP contribution in [0.15, 0.2) is 18.2 Å². The SMILES string of the molecule is CCN(c1cccc(F)c1C#N)C1CCCC1CN.